The highest BCUT2D eigenvalue weighted by atomic mass is 16.3. The molecule has 0 amide bonds. The average molecular weight is 576 g/mol. The van der Waals surface area contributed by atoms with Gasteiger partial charge in [0.05, 0.1) is 0 Å². The first kappa shape index (κ1) is 25.4. The molecule has 45 heavy (non-hydrogen) atoms. The van der Waals surface area contributed by atoms with Gasteiger partial charge in [-0.25, -0.2) is 15.0 Å². The molecular weight excluding hydrogens is 550 g/mol. The van der Waals surface area contributed by atoms with Gasteiger partial charge in [0.15, 0.2) is 17.5 Å². The molecule has 7 aromatic carbocycles. The van der Waals surface area contributed by atoms with Crippen molar-refractivity contribution in [2.24, 2.45) is 0 Å². The summed E-state index contributed by atoms with van der Waals surface area (Å²) in [6, 6.07) is 52.1. The third-order valence-corrected chi connectivity index (χ3v) is 8.52. The van der Waals surface area contributed by atoms with Crippen LogP contribution in [0.4, 0.5) is 0 Å². The fourth-order valence-corrected chi connectivity index (χ4v) is 6.39. The Labute approximate surface area is 259 Å². The summed E-state index contributed by atoms with van der Waals surface area (Å²) in [7, 11) is 0. The zero-order valence-electron chi connectivity index (χ0n) is 24.2. The van der Waals surface area contributed by atoms with Gasteiger partial charge in [-0.05, 0) is 50.9 Å². The van der Waals surface area contributed by atoms with Crippen LogP contribution in [0.15, 0.2) is 156 Å². The van der Waals surface area contributed by atoms with Crippen molar-refractivity contribution < 1.29 is 4.42 Å². The molecule has 0 saturated heterocycles. The van der Waals surface area contributed by atoms with Crippen molar-refractivity contribution in [3.63, 3.8) is 0 Å². The molecule has 0 spiro atoms. The maximum absolute atomic E-state index is 6.49. The zero-order valence-corrected chi connectivity index (χ0v) is 24.2. The second-order valence-corrected chi connectivity index (χ2v) is 11.2. The largest absolute Gasteiger partial charge is 0.456 e. The summed E-state index contributed by atoms with van der Waals surface area (Å²) in [5, 5.41) is 7.00. The Hall–Kier alpha value is -6.13. The molecule has 4 nitrogen and oxygen atoms in total. The molecule has 0 N–H and O–H groups in total. The van der Waals surface area contributed by atoms with Crippen LogP contribution in [0.5, 0.6) is 0 Å². The maximum Gasteiger partial charge on any atom is 0.164 e. The molecule has 9 aromatic rings. The summed E-state index contributed by atoms with van der Waals surface area (Å²) in [5.74, 6) is 1.90. The average Bonchev–Trinajstić information content (AvgIpc) is 3.49. The molecule has 0 fully saturated rings. The van der Waals surface area contributed by atoms with Gasteiger partial charge in [-0.3, -0.25) is 0 Å². The minimum atomic E-state index is 0.625. The van der Waals surface area contributed by atoms with Gasteiger partial charge in [0.1, 0.15) is 11.2 Å². The molecule has 0 aliphatic rings. The SMILES string of the molecule is c1ccc(-c2nc(-c3ccccc3)nc(-c3ccccc3-c3cccc4oc5cc6ccc7ccccc7c6cc5c34)n2)cc1. The van der Waals surface area contributed by atoms with E-state index in [-0.39, 0.29) is 0 Å². The molecular formula is C41H25N3O. The smallest absolute Gasteiger partial charge is 0.164 e. The number of fused-ring (bicyclic) bond motifs is 6. The van der Waals surface area contributed by atoms with E-state index in [0.717, 1.165) is 55.1 Å². The minimum absolute atomic E-state index is 0.625. The van der Waals surface area contributed by atoms with Crippen molar-refractivity contribution in [1.82, 2.24) is 15.0 Å². The van der Waals surface area contributed by atoms with Crippen molar-refractivity contribution in [3.8, 4) is 45.3 Å². The fraction of sp³-hybridized carbons (Fsp3) is 0. The van der Waals surface area contributed by atoms with E-state index in [2.05, 4.69) is 78.9 Å². The second-order valence-electron chi connectivity index (χ2n) is 11.2. The van der Waals surface area contributed by atoms with Crippen LogP contribution in [0.25, 0.3) is 88.8 Å². The first-order chi connectivity index (χ1) is 22.3. The Morgan fingerprint density at radius 1 is 0.356 bits per heavy atom. The van der Waals surface area contributed by atoms with Crippen molar-refractivity contribution in [2.75, 3.05) is 0 Å². The minimum Gasteiger partial charge on any atom is -0.456 e. The van der Waals surface area contributed by atoms with Crippen LogP contribution in [0, 0.1) is 0 Å². The molecule has 9 rings (SSSR count). The molecule has 0 aliphatic heterocycles. The van der Waals surface area contributed by atoms with E-state index in [1.54, 1.807) is 0 Å². The third kappa shape index (κ3) is 4.27. The number of aromatic nitrogens is 3. The summed E-state index contributed by atoms with van der Waals surface area (Å²) in [6.45, 7) is 0. The zero-order chi connectivity index (χ0) is 29.7. The van der Waals surface area contributed by atoms with Gasteiger partial charge in [0.2, 0.25) is 0 Å². The van der Waals surface area contributed by atoms with Gasteiger partial charge in [-0.2, -0.15) is 0 Å². The predicted octanol–water partition coefficient (Wildman–Crippen LogP) is 10.7. The van der Waals surface area contributed by atoms with E-state index in [1.165, 1.54) is 16.2 Å². The molecule has 0 unspecified atom stereocenters. The standard InChI is InChI=1S/C41H25N3O/c1-3-13-27(14-4-1)39-42-40(28-15-5-2-6-16-28)44-41(43-39)33-19-10-9-18-31(33)32-20-11-21-36-38(32)35-25-34-29(24-37(35)45-36)23-22-26-12-7-8-17-30(26)34/h1-25H. The van der Waals surface area contributed by atoms with Crippen LogP contribution in [-0.4, -0.2) is 15.0 Å². The highest BCUT2D eigenvalue weighted by Gasteiger charge is 2.19. The number of rotatable bonds is 4. The summed E-state index contributed by atoms with van der Waals surface area (Å²) < 4.78 is 6.49. The van der Waals surface area contributed by atoms with Gasteiger partial charge in [0, 0.05) is 27.5 Å². The molecule has 0 saturated carbocycles. The van der Waals surface area contributed by atoms with E-state index in [0.29, 0.717) is 17.5 Å². The van der Waals surface area contributed by atoms with Gasteiger partial charge < -0.3 is 4.42 Å². The lowest BCUT2D eigenvalue weighted by Crippen LogP contribution is -2.01. The van der Waals surface area contributed by atoms with Crippen LogP contribution in [0.2, 0.25) is 0 Å². The lowest BCUT2D eigenvalue weighted by molar-refractivity contribution is 0.669. The first-order valence-electron chi connectivity index (χ1n) is 15.0. The first-order valence-corrected chi connectivity index (χ1v) is 15.0. The molecule has 2 aromatic heterocycles. The summed E-state index contributed by atoms with van der Waals surface area (Å²) in [6.07, 6.45) is 0. The van der Waals surface area contributed by atoms with Gasteiger partial charge in [0.25, 0.3) is 0 Å². The van der Waals surface area contributed by atoms with E-state index in [9.17, 15) is 0 Å². The highest BCUT2D eigenvalue weighted by Crippen LogP contribution is 2.42. The normalized spacial score (nSPS) is 11.6. The Morgan fingerprint density at radius 3 is 1.71 bits per heavy atom. The molecule has 210 valence electrons. The fourth-order valence-electron chi connectivity index (χ4n) is 6.39. The van der Waals surface area contributed by atoms with Crippen molar-refractivity contribution in [3.05, 3.63) is 152 Å². The van der Waals surface area contributed by atoms with Crippen molar-refractivity contribution >= 4 is 43.5 Å². The maximum atomic E-state index is 6.49. The predicted molar refractivity (Wildman–Crippen MR) is 184 cm³/mol. The Kier molecular flexibility index (Phi) is 5.78. The molecule has 2 heterocycles. The molecule has 0 radical (unpaired) electrons. The lowest BCUT2D eigenvalue weighted by Gasteiger charge is -2.13. The van der Waals surface area contributed by atoms with Gasteiger partial charge in [-0.1, -0.05) is 133 Å². The van der Waals surface area contributed by atoms with E-state index < -0.39 is 0 Å². The van der Waals surface area contributed by atoms with Crippen LogP contribution >= 0.6 is 0 Å². The molecule has 0 atom stereocenters. The summed E-state index contributed by atoms with van der Waals surface area (Å²) >= 11 is 0. The monoisotopic (exact) mass is 575 g/mol. The van der Waals surface area contributed by atoms with E-state index in [4.69, 9.17) is 19.4 Å². The number of hydrogen-bond donors (Lipinski definition) is 0. The lowest BCUT2D eigenvalue weighted by atomic mass is 9.93. The Balaban J connectivity index is 1.30. The van der Waals surface area contributed by atoms with Gasteiger partial charge >= 0.3 is 0 Å². The Bertz CT molecular complexity index is 2480. The number of benzene rings is 7. The Morgan fingerprint density at radius 2 is 0.956 bits per heavy atom. The molecule has 0 aliphatic carbocycles. The number of furan rings is 1. The number of hydrogen-bond acceptors (Lipinski definition) is 4. The van der Waals surface area contributed by atoms with Gasteiger partial charge in [-0.15, -0.1) is 0 Å². The second kappa shape index (κ2) is 10.2. The molecule has 0 bridgehead atoms. The van der Waals surface area contributed by atoms with E-state index >= 15 is 0 Å². The van der Waals surface area contributed by atoms with Crippen molar-refractivity contribution in [2.45, 2.75) is 0 Å². The highest BCUT2D eigenvalue weighted by molar-refractivity contribution is 6.19. The molecule has 4 heteroatoms. The third-order valence-electron chi connectivity index (χ3n) is 8.52. The van der Waals surface area contributed by atoms with Crippen LogP contribution in [0.1, 0.15) is 0 Å². The van der Waals surface area contributed by atoms with Crippen LogP contribution in [0.3, 0.4) is 0 Å². The topological polar surface area (TPSA) is 51.8 Å². The van der Waals surface area contributed by atoms with Crippen molar-refractivity contribution in [1.29, 1.82) is 0 Å². The quantitative estimate of drug-likeness (QED) is 0.196. The van der Waals surface area contributed by atoms with Crippen LogP contribution in [-0.2, 0) is 0 Å². The summed E-state index contributed by atoms with van der Waals surface area (Å²) in [5.41, 5.74) is 6.65. The van der Waals surface area contributed by atoms with Crippen LogP contribution < -0.4 is 0 Å². The number of nitrogens with zero attached hydrogens (tertiary/aromatic N) is 3. The summed E-state index contributed by atoms with van der Waals surface area (Å²) in [4.78, 5) is 15.0. The van der Waals surface area contributed by atoms with E-state index in [1.807, 2.05) is 72.8 Å².